The molecule has 0 amide bonds. The molecular weight excluding hydrogens is 260 g/mol. The average molecular weight is 277 g/mol. The highest BCUT2D eigenvalue weighted by Gasteiger charge is 1.96. The molecule has 0 unspecified atom stereocenters. The van der Waals surface area contributed by atoms with Gasteiger partial charge in [0.05, 0.1) is 11.4 Å². The third kappa shape index (κ3) is 4.34. The highest BCUT2D eigenvalue weighted by atomic mass is 35.5. The quantitative estimate of drug-likeness (QED) is 0.574. The van der Waals surface area contributed by atoms with Crippen LogP contribution in [0.15, 0.2) is 59.0 Å². The summed E-state index contributed by atoms with van der Waals surface area (Å²) in [5.41, 5.74) is 2.86. The van der Waals surface area contributed by atoms with E-state index in [1.807, 2.05) is 74.5 Å². The van der Waals surface area contributed by atoms with Crippen molar-refractivity contribution in [2.24, 2.45) is 17.3 Å². The first-order valence-electron chi connectivity index (χ1n) is 5.79. The molecule has 4 nitrogen and oxygen atoms in total. The van der Waals surface area contributed by atoms with Crippen LogP contribution >= 0.6 is 0 Å². The van der Waals surface area contributed by atoms with Crippen molar-refractivity contribution in [1.82, 2.24) is 0 Å². The van der Waals surface area contributed by atoms with E-state index in [0.29, 0.717) is 0 Å². The number of hydrogen-bond acceptors (Lipinski definition) is 3. The van der Waals surface area contributed by atoms with Crippen molar-refractivity contribution in [2.45, 2.75) is 0 Å². The number of hydrogen-bond donors (Lipinski definition) is 0. The van der Waals surface area contributed by atoms with Crippen LogP contribution in [0.4, 0.5) is 17.1 Å². The second kappa shape index (κ2) is 6.85. The molecule has 0 spiro atoms. The van der Waals surface area contributed by atoms with Gasteiger partial charge in [-0.2, -0.15) is 10.2 Å². The standard InChI is InChI=1S/C14H17N4.ClH/c1-17(2)14-6-4-12(5-7-14)15-16-13-8-10-18(3)11-9-13;/h4-11H,1-3H3;1H/q+1;/p-1. The van der Waals surface area contributed by atoms with E-state index in [1.54, 1.807) is 0 Å². The van der Waals surface area contributed by atoms with Crippen LogP contribution in [-0.4, -0.2) is 14.1 Å². The molecule has 0 saturated carbocycles. The minimum Gasteiger partial charge on any atom is -1.00 e. The number of benzene rings is 1. The van der Waals surface area contributed by atoms with Crippen molar-refractivity contribution in [3.8, 4) is 0 Å². The first-order chi connectivity index (χ1) is 8.65. The molecule has 0 radical (unpaired) electrons. The fourth-order valence-electron chi connectivity index (χ4n) is 1.49. The topological polar surface area (TPSA) is 31.8 Å². The molecule has 19 heavy (non-hydrogen) atoms. The highest BCUT2D eigenvalue weighted by molar-refractivity contribution is 5.51. The maximum Gasteiger partial charge on any atom is 0.170 e. The lowest BCUT2D eigenvalue weighted by atomic mass is 10.3. The zero-order valence-electron chi connectivity index (χ0n) is 11.3. The van der Waals surface area contributed by atoms with Gasteiger partial charge < -0.3 is 17.3 Å². The largest absolute Gasteiger partial charge is 1.00 e. The summed E-state index contributed by atoms with van der Waals surface area (Å²) < 4.78 is 1.96. The van der Waals surface area contributed by atoms with Gasteiger partial charge in [0.15, 0.2) is 12.4 Å². The number of halogens is 1. The summed E-state index contributed by atoms with van der Waals surface area (Å²) in [7, 11) is 6.00. The zero-order valence-corrected chi connectivity index (χ0v) is 12.0. The molecule has 100 valence electrons. The van der Waals surface area contributed by atoms with Crippen LogP contribution in [0.25, 0.3) is 0 Å². The van der Waals surface area contributed by atoms with Crippen molar-refractivity contribution in [3.63, 3.8) is 0 Å². The molecule has 0 aliphatic carbocycles. The maximum atomic E-state index is 4.20. The number of aryl methyl sites for hydroxylation is 1. The molecule has 0 N–H and O–H groups in total. The molecule has 0 bridgehead atoms. The molecular formula is C14H17ClN4. The van der Waals surface area contributed by atoms with Gasteiger partial charge >= 0.3 is 0 Å². The molecule has 5 heteroatoms. The van der Waals surface area contributed by atoms with Gasteiger partial charge in [0.25, 0.3) is 0 Å². The zero-order chi connectivity index (χ0) is 13.0. The molecule has 1 aromatic carbocycles. The van der Waals surface area contributed by atoms with Crippen molar-refractivity contribution in [2.75, 3.05) is 19.0 Å². The lowest BCUT2D eigenvalue weighted by Crippen LogP contribution is -3.00. The van der Waals surface area contributed by atoms with Crippen LogP contribution < -0.4 is 21.9 Å². The summed E-state index contributed by atoms with van der Waals surface area (Å²) in [4.78, 5) is 2.05. The molecule has 2 rings (SSSR count). The van der Waals surface area contributed by atoms with Crippen LogP contribution in [0, 0.1) is 0 Å². The molecule has 0 fully saturated rings. The summed E-state index contributed by atoms with van der Waals surface area (Å²) in [6, 6.07) is 11.8. The van der Waals surface area contributed by atoms with Crippen LogP contribution in [0.2, 0.25) is 0 Å². The molecule has 1 heterocycles. The van der Waals surface area contributed by atoms with Crippen LogP contribution in [0.1, 0.15) is 0 Å². The lowest BCUT2D eigenvalue weighted by molar-refractivity contribution is -0.671. The first-order valence-corrected chi connectivity index (χ1v) is 5.79. The Hall–Kier alpha value is -1.94. The Balaban J connectivity index is 0.00000180. The lowest BCUT2D eigenvalue weighted by Gasteiger charge is -2.11. The van der Waals surface area contributed by atoms with Gasteiger partial charge in [0.2, 0.25) is 0 Å². The van der Waals surface area contributed by atoms with Crippen LogP contribution in [0.3, 0.4) is 0 Å². The fraction of sp³-hybridized carbons (Fsp3) is 0.214. The number of pyridine rings is 1. The molecule has 0 atom stereocenters. The van der Waals surface area contributed by atoms with Gasteiger partial charge in [0, 0.05) is 31.9 Å². The average Bonchev–Trinajstić information content (AvgIpc) is 2.38. The summed E-state index contributed by atoms with van der Waals surface area (Å²) in [6.45, 7) is 0. The summed E-state index contributed by atoms with van der Waals surface area (Å²) >= 11 is 0. The number of anilines is 1. The van der Waals surface area contributed by atoms with E-state index in [4.69, 9.17) is 0 Å². The van der Waals surface area contributed by atoms with E-state index in [2.05, 4.69) is 15.1 Å². The van der Waals surface area contributed by atoms with Gasteiger partial charge in [-0.25, -0.2) is 4.57 Å². The van der Waals surface area contributed by atoms with Gasteiger partial charge in [-0.05, 0) is 24.3 Å². The Morgan fingerprint density at radius 2 is 1.32 bits per heavy atom. The fourth-order valence-corrected chi connectivity index (χ4v) is 1.49. The van der Waals surface area contributed by atoms with E-state index < -0.39 is 0 Å². The Bertz CT molecular complexity index is 532. The minimum atomic E-state index is 0. The van der Waals surface area contributed by atoms with Gasteiger partial charge in [0.1, 0.15) is 7.05 Å². The Labute approximate surface area is 119 Å². The van der Waals surface area contributed by atoms with Gasteiger partial charge in [-0.3, -0.25) is 0 Å². The van der Waals surface area contributed by atoms with Crippen molar-refractivity contribution in [3.05, 3.63) is 48.8 Å². The first kappa shape index (κ1) is 15.1. The molecule has 0 aliphatic rings. The van der Waals surface area contributed by atoms with E-state index >= 15 is 0 Å². The third-order valence-corrected chi connectivity index (χ3v) is 2.61. The number of nitrogens with zero attached hydrogens (tertiary/aromatic N) is 4. The maximum absolute atomic E-state index is 4.20. The van der Waals surface area contributed by atoms with E-state index in [9.17, 15) is 0 Å². The Morgan fingerprint density at radius 3 is 1.79 bits per heavy atom. The third-order valence-electron chi connectivity index (χ3n) is 2.61. The van der Waals surface area contributed by atoms with Gasteiger partial charge in [-0.15, -0.1) is 0 Å². The molecule has 2 aromatic rings. The molecule has 0 aliphatic heterocycles. The molecule has 1 aromatic heterocycles. The minimum absolute atomic E-state index is 0. The van der Waals surface area contributed by atoms with Gasteiger partial charge in [-0.1, -0.05) is 0 Å². The second-order valence-electron chi connectivity index (χ2n) is 4.33. The van der Waals surface area contributed by atoms with Crippen LogP contribution in [-0.2, 0) is 7.05 Å². The number of aromatic nitrogens is 1. The van der Waals surface area contributed by atoms with Crippen LogP contribution in [0.5, 0.6) is 0 Å². The summed E-state index contributed by atoms with van der Waals surface area (Å²) in [5, 5.41) is 8.39. The Morgan fingerprint density at radius 1 is 0.842 bits per heavy atom. The number of rotatable bonds is 3. The summed E-state index contributed by atoms with van der Waals surface area (Å²) in [5.74, 6) is 0. The molecule has 0 saturated heterocycles. The number of azo groups is 1. The van der Waals surface area contributed by atoms with Crippen molar-refractivity contribution in [1.29, 1.82) is 0 Å². The second-order valence-corrected chi connectivity index (χ2v) is 4.33. The highest BCUT2D eigenvalue weighted by Crippen LogP contribution is 2.20. The summed E-state index contributed by atoms with van der Waals surface area (Å²) in [6.07, 6.45) is 3.90. The predicted molar refractivity (Wildman–Crippen MR) is 72.6 cm³/mol. The predicted octanol–water partition coefficient (Wildman–Crippen LogP) is -0.00350. The smallest absolute Gasteiger partial charge is 0.170 e. The Kier molecular flexibility index (Phi) is 5.45. The van der Waals surface area contributed by atoms with Crippen molar-refractivity contribution >= 4 is 17.1 Å². The monoisotopic (exact) mass is 276 g/mol. The van der Waals surface area contributed by atoms with E-state index in [1.165, 1.54) is 0 Å². The van der Waals surface area contributed by atoms with E-state index in [-0.39, 0.29) is 12.4 Å². The normalized spacial score (nSPS) is 10.3. The van der Waals surface area contributed by atoms with E-state index in [0.717, 1.165) is 17.1 Å². The SMILES string of the molecule is CN(C)c1ccc(/N=N/c2cc[n+](C)cc2)cc1.[Cl-]. The van der Waals surface area contributed by atoms with Crippen molar-refractivity contribution < 1.29 is 17.0 Å².